The summed E-state index contributed by atoms with van der Waals surface area (Å²) in [7, 11) is 0. The van der Waals surface area contributed by atoms with Crippen LogP contribution in [0.5, 0.6) is 0 Å². The van der Waals surface area contributed by atoms with Crippen LogP contribution in [0.25, 0.3) is 0 Å². The molecule has 1 aromatic rings. The van der Waals surface area contributed by atoms with E-state index in [1.807, 2.05) is 30.3 Å². The lowest BCUT2D eigenvalue weighted by Gasteiger charge is -2.39. The zero-order valence-electron chi connectivity index (χ0n) is 11.1. The lowest BCUT2D eigenvalue weighted by atomic mass is 9.96. The zero-order valence-corrected chi connectivity index (χ0v) is 11.1. The number of nitrogens with zero attached hydrogens (tertiary/aromatic N) is 1. The zero-order chi connectivity index (χ0) is 13.0. The summed E-state index contributed by atoms with van der Waals surface area (Å²) in [6.07, 6.45) is 3.21. The maximum atomic E-state index is 10.3. The molecule has 0 amide bonds. The smallest absolute Gasteiger partial charge is 0.0917 e. The van der Waals surface area contributed by atoms with Crippen molar-refractivity contribution >= 4 is 0 Å². The van der Waals surface area contributed by atoms with Crippen molar-refractivity contribution in [3.8, 4) is 0 Å². The average molecular weight is 248 g/mol. The van der Waals surface area contributed by atoms with Gasteiger partial charge in [0.25, 0.3) is 0 Å². The van der Waals surface area contributed by atoms with Gasteiger partial charge in [-0.05, 0) is 31.9 Å². The van der Waals surface area contributed by atoms with E-state index in [0.717, 1.165) is 18.5 Å². The normalized spacial score (nSPS) is 24.7. The highest BCUT2D eigenvalue weighted by Crippen LogP contribution is 2.22. The minimum atomic E-state index is -0.412. The summed E-state index contributed by atoms with van der Waals surface area (Å²) in [6.45, 7) is 3.81. The number of likely N-dealkylation sites (tertiary alicyclic amines) is 1. The lowest BCUT2D eigenvalue weighted by Crippen LogP contribution is -2.50. The van der Waals surface area contributed by atoms with Crippen molar-refractivity contribution in [2.24, 2.45) is 5.73 Å². The summed E-state index contributed by atoms with van der Waals surface area (Å²) >= 11 is 0. The van der Waals surface area contributed by atoms with Crippen molar-refractivity contribution in [2.45, 2.75) is 44.4 Å². The molecule has 3 N–H and O–H groups in total. The number of aliphatic hydroxyl groups excluding tert-OH is 1. The summed E-state index contributed by atoms with van der Waals surface area (Å²) in [6, 6.07) is 10.5. The van der Waals surface area contributed by atoms with E-state index in [2.05, 4.69) is 11.8 Å². The van der Waals surface area contributed by atoms with Gasteiger partial charge in [0.1, 0.15) is 0 Å². The largest absolute Gasteiger partial charge is 0.387 e. The quantitative estimate of drug-likeness (QED) is 0.856. The fraction of sp³-hybridized carbons (Fsp3) is 0.600. The molecule has 0 saturated carbocycles. The van der Waals surface area contributed by atoms with Crippen molar-refractivity contribution < 1.29 is 5.11 Å². The molecule has 1 heterocycles. The molecular formula is C15H24N2O. The van der Waals surface area contributed by atoms with Crippen molar-refractivity contribution in [1.29, 1.82) is 0 Å². The van der Waals surface area contributed by atoms with Crippen molar-refractivity contribution in [2.75, 3.05) is 13.1 Å². The van der Waals surface area contributed by atoms with E-state index >= 15 is 0 Å². The van der Waals surface area contributed by atoms with Gasteiger partial charge in [0.05, 0.1) is 6.10 Å². The fourth-order valence-electron chi connectivity index (χ4n) is 2.84. The van der Waals surface area contributed by atoms with Crippen LogP contribution in [0.4, 0.5) is 0 Å². The van der Waals surface area contributed by atoms with Crippen molar-refractivity contribution in [3.05, 3.63) is 35.9 Å². The van der Waals surface area contributed by atoms with Crippen LogP contribution in [0.15, 0.2) is 30.3 Å². The summed E-state index contributed by atoms with van der Waals surface area (Å²) in [5.74, 6) is 0. The topological polar surface area (TPSA) is 49.5 Å². The van der Waals surface area contributed by atoms with Gasteiger partial charge in [-0.3, -0.25) is 4.90 Å². The number of rotatable bonds is 4. The molecule has 0 aliphatic carbocycles. The van der Waals surface area contributed by atoms with E-state index in [0.29, 0.717) is 12.6 Å². The van der Waals surface area contributed by atoms with E-state index in [1.165, 1.54) is 12.8 Å². The van der Waals surface area contributed by atoms with Crippen molar-refractivity contribution in [1.82, 2.24) is 4.90 Å². The summed E-state index contributed by atoms with van der Waals surface area (Å²) in [4.78, 5) is 2.35. The molecule has 1 aromatic carbocycles. The first kappa shape index (κ1) is 13.5. The first-order valence-electron chi connectivity index (χ1n) is 6.91. The third-order valence-corrected chi connectivity index (χ3v) is 3.86. The molecule has 0 radical (unpaired) electrons. The van der Waals surface area contributed by atoms with E-state index < -0.39 is 6.10 Å². The Hall–Kier alpha value is -0.900. The van der Waals surface area contributed by atoms with Crippen LogP contribution in [0, 0.1) is 0 Å². The second-order valence-corrected chi connectivity index (χ2v) is 5.34. The molecule has 1 aliphatic rings. The van der Waals surface area contributed by atoms with E-state index in [1.54, 1.807) is 0 Å². The van der Waals surface area contributed by atoms with Gasteiger partial charge in [0.15, 0.2) is 0 Å². The molecule has 3 nitrogen and oxygen atoms in total. The maximum Gasteiger partial charge on any atom is 0.0917 e. The number of nitrogens with two attached hydrogens (primary N) is 1. The second-order valence-electron chi connectivity index (χ2n) is 5.34. The Morgan fingerprint density at radius 2 is 2.06 bits per heavy atom. The molecule has 0 aromatic heterocycles. The molecule has 18 heavy (non-hydrogen) atoms. The van der Waals surface area contributed by atoms with Gasteiger partial charge in [-0.2, -0.15) is 0 Å². The lowest BCUT2D eigenvalue weighted by molar-refractivity contribution is 0.0594. The van der Waals surface area contributed by atoms with Gasteiger partial charge in [-0.25, -0.2) is 0 Å². The van der Waals surface area contributed by atoms with E-state index in [-0.39, 0.29) is 6.04 Å². The molecule has 1 saturated heterocycles. The van der Waals surface area contributed by atoms with Crippen LogP contribution in [0.3, 0.4) is 0 Å². The number of hydrogen-bond acceptors (Lipinski definition) is 3. The molecule has 0 bridgehead atoms. The highest BCUT2D eigenvalue weighted by molar-refractivity contribution is 5.17. The first-order chi connectivity index (χ1) is 8.68. The summed E-state index contributed by atoms with van der Waals surface area (Å²) in [5, 5.41) is 10.3. The highest BCUT2D eigenvalue weighted by atomic mass is 16.3. The van der Waals surface area contributed by atoms with Crippen LogP contribution in [-0.4, -0.2) is 35.2 Å². The third-order valence-electron chi connectivity index (χ3n) is 3.86. The number of hydrogen-bond donors (Lipinski definition) is 2. The minimum absolute atomic E-state index is 0.174. The Morgan fingerprint density at radius 1 is 1.33 bits per heavy atom. The van der Waals surface area contributed by atoms with Gasteiger partial charge in [-0.15, -0.1) is 0 Å². The van der Waals surface area contributed by atoms with Crippen LogP contribution in [0.2, 0.25) is 0 Å². The van der Waals surface area contributed by atoms with Crippen LogP contribution in [-0.2, 0) is 0 Å². The van der Waals surface area contributed by atoms with Gasteiger partial charge in [-0.1, -0.05) is 36.8 Å². The van der Waals surface area contributed by atoms with Gasteiger partial charge < -0.3 is 10.8 Å². The van der Waals surface area contributed by atoms with Crippen LogP contribution < -0.4 is 5.73 Å². The highest BCUT2D eigenvalue weighted by Gasteiger charge is 2.27. The second kappa shape index (κ2) is 6.32. The Morgan fingerprint density at radius 3 is 2.72 bits per heavy atom. The van der Waals surface area contributed by atoms with Crippen LogP contribution in [0.1, 0.15) is 37.9 Å². The molecular weight excluding hydrogens is 224 g/mol. The number of piperidine rings is 1. The number of aliphatic hydroxyl groups is 1. The Balaban J connectivity index is 1.99. The SMILES string of the molecule is CC(N)C1CCCCN1CC(O)c1ccccc1. The minimum Gasteiger partial charge on any atom is -0.387 e. The van der Waals surface area contributed by atoms with Gasteiger partial charge >= 0.3 is 0 Å². The fourth-order valence-corrected chi connectivity index (χ4v) is 2.84. The molecule has 100 valence electrons. The predicted octanol–water partition coefficient (Wildman–Crippen LogP) is 1.92. The molecule has 1 aliphatic heterocycles. The van der Waals surface area contributed by atoms with Crippen molar-refractivity contribution in [3.63, 3.8) is 0 Å². The molecule has 3 atom stereocenters. The number of benzene rings is 1. The standard InChI is InChI=1S/C15H24N2O/c1-12(16)14-9-5-6-10-17(14)11-15(18)13-7-3-2-4-8-13/h2-4,7-8,12,14-15,18H,5-6,9-11,16H2,1H3. The molecule has 1 fully saturated rings. The van der Waals surface area contributed by atoms with E-state index in [4.69, 9.17) is 5.73 Å². The van der Waals surface area contributed by atoms with Crippen LogP contribution >= 0.6 is 0 Å². The average Bonchev–Trinajstić information content (AvgIpc) is 2.40. The Labute approximate surface area is 110 Å². The maximum absolute atomic E-state index is 10.3. The van der Waals surface area contributed by atoms with Gasteiger partial charge in [0, 0.05) is 18.6 Å². The predicted molar refractivity (Wildman–Crippen MR) is 74.3 cm³/mol. The molecule has 2 rings (SSSR count). The molecule has 3 unspecified atom stereocenters. The van der Waals surface area contributed by atoms with E-state index in [9.17, 15) is 5.11 Å². The Bertz CT molecular complexity index is 353. The Kier molecular flexibility index (Phi) is 4.75. The van der Waals surface area contributed by atoms with Gasteiger partial charge in [0.2, 0.25) is 0 Å². The molecule has 0 spiro atoms. The summed E-state index contributed by atoms with van der Waals surface area (Å²) < 4.78 is 0. The third kappa shape index (κ3) is 3.31. The molecule has 3 heteroatoms. The summed E-state index contributed by atoms with van der Waals surface area (Å²) in [5.41, 5.74) is 7.04. The monoisotopic (exact) mass is 248 g/mol. The number of β-amino-alcohol motifs (C(OH)–C–C–N with tert-alkyl or cyclic N) is 1. The first-order valence-corrected chi connectivity index (χ1v) is 6.91.